The Labute approximate surface area is 71.1 Å². The number of aliphatic hydroxyl groups is 1. The summed E-state index contributed by atoms with van der Waals surface area (Å²) in [5, 5.41) is 13.1. The van der Waals surface area contributed by atoms with Crippen molar-refractivity contribution in [1.82, 2.24) is 10.6 Å². The van der Waals surface area contributed by atoms with E-state index < -0.39 is 24.1 Å². The molecule has 1 heterocycles. The standard InChI is InChI=1S/C5H8N2O3.C2H6/c1-2(8)3-4(9)7-5(10)6-3;1-2/h2-3,8H,1H3,(H2,6,7,9,10);1-2H3. The Bertz CT molecular complexity index is 179. The Kier molecular flexibility index (Phi) is 4.28. The van der Waals surface area contributed by atoms with Gasteiger partial charge in [0.15, 0.2) is 0 Å². The molecule has 5 nitrogen and oxygen atoms in total. The number of carbonyl (C=O) groups excluding carboxylic acids is 2. The zero-order chi connectivity index (χ0) is 9.72. The second-order valence-electron chi connectivity index (χ2n) is 2.18. The first-order valence-corrected chi connectivity index (χ1v) is 3.90. The van der Waals surface area contributed by atoms with Gasteiger partial charge in [-0.15, -0.1) is 0 Å². The third kappa shape index (κ3) is 2.50. The van der Waals surface area contributed by atoms with E-state index in [2.05, 4.69) is 5.32 Å². The van der Waals surface area contributed by atoms with Crippen LogP contribution in [0.25, 0.3) is 0 Å². The van der Waals surface area contributed by atoms with Gasteiger partial charge in [-0.2, -0.15) is 0 Å². The van der Waals surface area contributed by atoms with Crippen molar-refractivity contribution in [2.75, 3.05) is 0 Å². The zero-order valence-electron chi connectivity index (χ0n) is 7.42. The van der Waals surface area contributed by atoms with Crippen molar-refractivity contribution in [1.29, 1.82) is 0 Å². The molecule has 3 amide bonds. The van der Waals surface area contributed by atoms with Crippen LogP contribution in [0.4, 0.5) is 4.79 Å². The van der Waals surface area contributed by atoms with Crippen LogP contribution in [0, 0.1) is 0 Å². The molecule has 0 bridgehead atoms. The number of carbonyl (C=O) groups is 2. The molecule has 0 aromatic rings. The van der Waals surface area contributed by atoms with Crippen LogP contribution in [0.1, 0.15) is 20.8 Å². The Hall–Kier alpha value is -1.10. The number of aliphatic hydroxyl groups excluding tert-OH is 1. The van der Waals surface area contributed by atoms with Crippen LogP contribution in [0.2, 0.25) is 0 Å². The first kappa shape index (κ1) is 10.9. The first-order valence-electron chi connectivity index (χ1n) is 3.90. The van der Waals surface area contributed by atoms with E-state index in [9.17, 15) is 9.59 Å². The molecule has 2 unspecified atom stereocenters. The van der Waals surface area contributed by atoms with E-state index in [0.29, 0.717) is 0 Å². The maximum Gasteiger partial charge on any atom is 0.322 e. The maximum atomic E-state index is 10.7. The minimum absolute atomic E-state index is 0.472. The van der Waals surface area contributed by atoms with Crippen LogP contribution in [-0.4, -0.2) is 29.2 Å². The van der Waals surface area contributed by atoms with Crippen LogP contribution in [-0.2, 0) is 4.79 Å². The second kappa shape index (κ2) is 4.71. The molecule has 0 aromatic carbocycles. The average Bonchev–Trinajstić information content (AvgIpc) is 2.34. The molecular formula is C7H14N2O3. The lowest BCUT2D eigenvalue weighted by atomic mass is 10.2. The Balaban J connectivity index is 0.000000561. The van der Waals surface area contributed by atoms with E-state index in [1.165, 1.54) is 6.92 Å². The molecule has 3 N–H and O–H groups in total. The molecule has 0 spiro atoms. The van der Waals surface area contributed by atoms with E-state index in [1.54, 1.807) is 0 Å². The van der Waals surface area contributed by atoms with Crippen molar-refractivity contribution < 1.29 is 14.7 Å². The Morgan fingerprint density at radius 1 is 1.42 bits per heavy atom. The van der Waals surface area contributed by atoms with Crippen LogP contribution >= 0.6 is 0 Å². The summed E-state index contributed by atoms with van der Waals surface area (Å²) in [7, 11) is 0. The van der Waals surface area contributed by atoms with E-state index >= 15 is 0 Å². The number of nitrogens with one attached hydrogen (secondary N) is 2. The molecule has 0 radical (unpaired) electrons. The molecule has 1 fully saturated rings. The van der Waals surface area contributed by atoms with Gasteiger partial charge in [0.25, 0.3) is 5.91 Å². The molecule has 1 aliphatic heterocycles. The maximum absolute atomic E-state index is 10.7. The van der Waals surface area contributed by atoms with Crippen molar-refractivity contribution in [3.05, 3.63) is 0 Å². The second-order valence-corrected chi connectivity index (χ2v) is 2.18. The van der Waals surface area contributed by atoms with Gasteiger partial charge in [-0.05, 0) is 6.92 Å². The fourth-order valence-electron chi connectivity index (χ4n) is 0.772. The molecule has 0 aromatic heterocycles. The minimum Gasteiger partial charge on any atom is -0.391 e. The Morgan fingerprint density at radius 3 is 2.08 bits per heavy atom. The first-order chi connectivity index (χ1) is 5.61. The monoisotopic (exact) mass is 174 g/mol. The topological polar surface area (TPSA) is 78.4 Å². The van der Waals surface area contributed by atoms with Gasteiger partial charge < -0.3 is 10.4 Å². The fraction of sp³-hybridized carbons (Fsp3) is 0.714. The quantitative estimate of drug-likeness (QED) is 0.473. The van der Waals surface area contributed by atoms with Crippen LogP contribution < -0.4 is 10.6 Å². The lowest BCUT2D eigenvalue weighted by Gasteiger charge is -2.08. The molecule has 5 heteroatoms. The number of imide groups is 1. The SMILES string of the molecule is CC.CC(O)C1NC(=O)NC1=O. The number of hydrogen-bond donors (Lipinski definition) is 3. The van der Waals surface area contributed by atoms with Crippen molar-refractivity contribution in [3.8, 4) is 0 Å². The highest BCUT2D eigenvalue weighted by Gasteiger charge is 2.32. The van der Waals surface area contributed by atoms with Crippen molar-refractivity contribution in [2.24, 2.45) is 0 Å². The summed E-state index contributed by atoms with van der Waals surface area (Å²) in [6, 6.07) is -1.33. The van der Waals surface area contributed by atoms with E-state index in [-0.39, 0.29) is 0 Å². The number of urea groups is 1. The summed E-state index contributed by atoms with van der Waals surface area (Å²) in [5.74, 6) is -0.472. The van der Waals surface area contributed by atoms with Gasteiger partial charge in [0.05, 0.1) is 6.10 Å². The average molecular weight is 174 g/mol. The van der Waals surface area contributed by atoms with E-state index in [4.69, 9.17) is 5.11 Å². The molecular weight excluding hydrogens is 160 g/mol. The molecule has 70 valence electrons. The number of rotatable bonds is 1. The van der Waals surface area contributed by atoms with Gasteiger partial charge in [0, 0.05) is 0 Å². The summed E-state index contributed by atoms with van der Waals surface area (Å²) in [5.41, 5.74) is 0. The molecule has 1 saturated heterocycles. The molecule has 1 aliphatic rings. The van der Waals surface area contributed by atoms with Gasteiger partial charge in [-0.25, -0.2) is 4.79 Å². The third-order valence-electron chi connectivity index (χ3n) is 1.29. The summed E-state index contributed by atoms with van der Waals surface area (Å²) in [6.07, 6.45) is -0.841. The summed E-state index contributed by atoms with van der Waals surface area (Å²) in [6.45, 7) is 5.44. The number of amides is 3. The van der Waals surface area contributed by atoms with E-state index in [0.717, 1.165) is 0 Å². The highest BCUT2D eigenvalue weighted by atomic mass is 16.3. The normalized spacial score (nSPS) is 23.5. The predicted octanol–water partition coefficient (Wildman–Crippen LogP) is -0.399. The highest BCUT2D eigenvalue weighted by Crippen LogP contribution is 1.97. The smallest absolute Gasteiger partial charge is 0.322 e. The van der Waals surface area contributed by atoms with E-state index in [1.807, 2.05) is 19.2 Å². The van der Waals surface area contributed by atoms with Gasteiger partial charge in [0.2, 0.25) is 0 Å². The fourth-order valence-corrected chi connectivity index (χ4v) is 0.772. The van der Waals surface area contributed by atoms with Gasteiger partial charge in [-0.1, -0.05) is 13.8 Å². The van der Waals surface area contributed by atoms with Crippen molar-refractivity contribution in [3.63, 3.8) is 0 Å². The van der Waals surface area contributed by atoms with Crippen LogP contribution in [0.15, 0.2) is 0 Å². The summed E-state index contributed by atoms with van der Waals surface area (Å²) in [4.78, 5) is 21.1. The van der Waals surface area contributed by atoms with Gasteiger partial charge in [0.1, 0.15) is 6.04 Å². The van der Waals surface area contributed by atoms with Crippen LogP contribution in [0.5, 0.6) is 0 Å². The third-order valence-corrected chi connectivity index (χ3v) is 1.29. The minimum atomic E-state index is -0.841. The predicted molar refractivity (Wildman–Crippen MR) is 43.5 cm³/mol. The zero-order valence-corrected chi connectivity index (χ0v) is 7.42. The molecule has 1 rings (SSSR count). The number of hydrogen-bond acceptors (Lipinski definition) is 3. The van der Waals surface area contributed by atoms with Gasteiger partial charge >= 0.3 is 6.03 Å². The van der Waals surface area contributed by atoms with Crippen molar-refractivity contribution >= 4 is 11.9 Å². The summed E-state index contributed by atoms with van der Waals surface area (Å²) < 4.78 is 0. The molecule has 12 heavy (non-hydrogen) atoms. The Morgan fingerprint density at radius 2 is 1.92 bits per heavy atom. The molecule has 0 saturated carbocycles. The molecule has 0 aliphatic carbocycles. The summed E-state index contributed by atoms with van der Waals surface area (Å²) >= 11 is 0. The lowest BCUT2D eigenvalue weighted by molar-refractivity contribution is -0.122. The van der Waals surface area contributed by atoms with Crippen molar-refractivity contribution in [2.45, 2.75) is 32.9 Å². The molecule has 2 atom stereocenters. The largest absolute Gasteiger partial charge is 0.391 e. The van der Waals surface area contributed by atoms with Gasteiger partial charge in [-0.3, -0.25) is 10.1 Å². The van der Waals surface area contributed by atoms with Crippen LogP contribution in [0.3, 0.4) is 0 Å². The highest BCUT2D eigenvalue weighted by molar-refractivity contribution is 6.04. The lowest BCUT2D eigenvalue weighted by Crippen LogP contribution is -2.38.